The van der Waals surface area contributed by atoms with Gasteiger partial charge in [-0.3, -0.25) is 23.8 Å². The van der Waals surface area contributed by atoms with Crippen LogP contribution in [-0.4, -0.2) is 102 Å². The van der Waals surface area contributed by atoms with Crippen molar-refractivity contribution in [1.82, 2.24) is 10.2 Å². The second kappa shape index (κ2) is 14.1. The van der Waals surface area contributed by atoms with Gasteiger partial charge in [-0.25, -0.2) is 9.59 Å². The van der Waals surface area contributed by atoms with Crippen LogP contribution in [0.5, 0.6) is 5.75 Å². The molecular weight excluding hydrogens is 630 g/mol. The molecule has 3 atom stereocenters. The number of esters is 1. The van der Waals surface area contributed by atoms with E-state index in [9.17, 15) is 37.5 Å². The number of nitrogens with zero attached hydrogens (tertiary/aromatic N) is 1. The van der Waals surface area contributed by atoms with Gasteiger partial charge in [-0.05, 0) is 36.6 Å². The van der Waals surface area contributed by atoms with E-state index >= 15 is 0 Å². The number of hydrogen-bond acceptors (Lipinski definition) is 13. The predicted octanol–water partition coefficient (Wildman–Crippen LogP) is -0.306. The van der Waals surface area contributed by atoms with Crippen molar-refractivity contribution in [2.24, 2.45) is 5.73 Å². The Hall–Kier alpha value is -4.17. The fourth-order valence-corrected chi connectivity index (χ4v) is 6.02. The third-order valence-corrected chi connectivity index (χ3v) is 8.15. The smallest absolute Gasteiger partial charge is 0.446 e. The Morgan fingerprint density at radius 1 is 1.20 bits per heavy atom. The number of carbonyl (C=O) groups excluding carboxylic acids is 3. The zero-order valence-corrected chi connectivity index (χ0v) is 24.9. The van der Waals surface area contributed by atoms with Crippen LogP contribution in [-0.2, 0) is 48.6 Å². The normalized spacial score (nSPS) is 20.6. The molecule has 1 saturated heterocycles. The van der Waals surface area contributed by atoms with E-state index in [2.05, 4.69) is 9.50 Å². The van der Waals surface area contributed by atoms with E-state index in [1.807, 2.05) is 0 Å². The van der Waals surface area contributed by atoms with Crippen molar-refractivity contribution < 1.29 is 65.5 Å². The lowest BCUT2D eigenvalue weighted by Crippen LogP contribution is -2.80. The number of carboxylic acid groups (broad SMARTS) is 2. The third-order valence-electron chi connectivity index (χ3n) is 6.37. The third kappa shape index (κ3) is 7.85. The molecule has 17 nitrogen and oxygen atoms in total. The molecular formula is C25H29N3O14S2. The van der Waals surface area contributed by atoms with Crippen molar-refractivity contribution in [3.05, 3.63) is 46.9 Å². The van der Waals surface area contributed by atoms with Crippen molar-refractivity contribution in [3.8, 4) is 5.75 Å². The van der Waals surface area contributed by atoms with Crippen LogP contribution >= 0.6 is 11.8 Å². The summed E-state index contributed by atoms with van der Waals surface area (Å²) in [5.41, 5.74) is 3.56. The number of amides is 2. The Balaban J connectivity index is 1.69. The van der Waals surface area contributed by atoms with Gasteiger partial charge < -0.3 is 39.7 Å². The van der Waals surface area contributed by atoms with Crippen LogP contribution in [0.25, 0.3) is 6.08 Å². The molecule has 0 bridgehead atoms. The molecule has 19 heteroatoms. The van der Waals surface area contributed by atoms with Crippen LogP contribution in [0.15, 0.2) is 41.3 Å². The first kappa shape index (κ1) is 34.3. The zero-order chi connectivity index (χ0) is 32.8. The highest BCUT2D eigenvalue weighted by Gasteiger charge is 2.66. The largest absolute Gasteiger partial charge is 0.490 e. The van der Waals surface area contributed by atoms with Gasteiger partial charge >= 0.3 is 28.3 Å². The lowest BCUT2D eigenvalue weighted by molar-refractivity contribution is -0.192. The number of thioether (sulfide) groups is 1. The lowest BCUT2D eigenvalue weighted by atomic mass is 9.97. The highest BCUT2D eigenvalue weighted by molar-refractivity contribution is 8.00. The number of carboxylic acids is 2. The van der Waals surface area contributed by atoms with E-state index in [1.165, 1.54) is 44.6 Å². The van der Waals surface area contributed by atoms with Crippen LogP contribution in [0.2, 0.25) is 0 Å². The Bertz CT molecular complexity index is 1490. The van der Waals surface area contributed by atoms with Gasteiger partial charge in [0, 0.05) is 24.9 Å². The molecule has 44 heavy (non-hydrogen) atoms. The molecule has 0 spiro atoms. The molecule has 0 aromatic heterocycles. The quantitative estimate of drug-likeness (QED) is 0.0404. The first-order valence-corrected chi connectivity index (χ1v) is 15.0. The summed E-state index contributed by atoms with van der Waals surface area (Å²) in [5.74, 6) is -5.67. The van der Waals surface area contributed by atoms with Crippen molar-refractivity contribution >= 4 is 58.0 Å². The number of methoxy groups -OCH3 is 2. The summed E-state index contributed by atoms with van der Waals surface area (Å²) in [6.45, 7) is -0.526. The average molecular weight is 660 g/mol. The molecule has 0 saturated carbocycles. The molecule has 2 amide bonds. The molecule has 0 radical (unpaired) electrons. The van der Waals surface area contributed by atoms with Gasteiger partial charge in [0.1, 0.15) is 29.5 Å². The van der Waals surface area contributed by atoms with Crippen molar-refractivity contribution in [3.63, 3.8) is 0 Å². The number of aliphatic carboxylic acids is 2. The number of rotatable bonds is 15. The summed E-state index contributed by atoms with van der Waals surface area (Å²) >= 11 is 1.06. The van der Waals surface area contributed by atoms with Gasteiger partial charge in [-0.1, -0.05) is 12.1 Å². The molecule has 1 fully saturated rings. The van der Waals surface area contributed by atoms with Crippen LogP contribution in [0.1, 0.15) is 24.8 Å². The van der Waals surface area contributed by atoms with Crippen molar-refractivity contribution in [1.29, 1.82) is 0 Å². The average Bonchev–Trinajstić information content (AvgIpc) is 2.96. The fourth-order valence-electron chi connectivity index (χ4n) is 4.25. The summed E-state index contributed by atoms with van der Waals surface area (Å²) in [4.78, 5) is 62.4. The van der Waals surface area contributed by atoms with Gasteiger partial charge in [0.25, 0.3) is 11.6 Å². The second-order valence-electron chi connectivity index (χ2n) is 9.29. The topological polar surface area (TPSA) is 258 Å². The maximum absolute atomic E-state index is 13.2. The number of ether oxygens (including phenoxy) is 3. The summed E-state index contributed by atoms with van der Waals surface area (Å²) < 4.78 is 50.4. The molecule has 2 aliphatic heterocycles. The highest BCUT2D eigenvalue weighted by Crippen LogP contribution is 2.46. The maximum Gasteiger partial charge on any atom is 0.446 e. The first-order chi connectivity index (χ1) is 20.6. The van der Waals surface area contributed by atoms with Crippen LogP contribution in [0.3, 0.4) is 0 Å². The van der Waals surface area contributed by atoms with Crippen LogP contribution in [0.4, 0.5) is 0 Å². The van der Waals surface area contributed by atoms with Crippen LogP contribution in [0, 0.1) is 0 Å². The van der Waals surface area contributed by atoms with E-state index in [4.69, 9.17) is 29.6 Å². The summed E-state index contributed by atoms with van der Waals surface area (Å²) in [7, 11) is -2.36. The van der Waals surface area contributed by atoms with E-state index < -0.39 is 69.6 Å². The number of benzene rings is 1. The molecule has 3 rings (SSSR count). The minimum absolute atomic E-state index is 0.0148. The standard InChI is InChI=1S/C25H29N3O14S2/c1-39-17(10-13-6-8-15(9-7-13)42-44(36,37)38)22(34)41-11-14-12-43-24-25(40-2,23(35)28(24)19(14)21(32)33)27-18(29)5-3-4-16(26)20(30)31/h6-10,16,24H,3-5,11-12,26H2,1-2H3,(H,27,29)(H,30,31)(H,32,33)(H,36,37,38)/b17-10-/t16?,24-,25+/m1/s1. The Morgan fingerprint density at radius 2 is 1.86 bits per heavy atom. The number of carbonyl (C=O) groups is 5. The molecule has 2 aliphatic rings. The van der Waals surface area contributed by atoms with E-state index in [0.717, 1.165) is 16.7 Å². The maximum atomic E-state index is 13.2. The van der Waals surface area contributed by atoms with E-state index in [0.29, 0.717) is 5.56 Å². The number of fused-ring (bicyclic) bond motifs is 1. The summed E-state index contributed by atoms with van der Waals surface area (Å²) in [6.07, 6.45) is 1.24. The fraction of sp³-hybridized carbons (Fsp3) is 0.400. The second-order valence-corrected chi connectivity index (χ2v) is 11.4. The summed E-state index contributed by atoms with van der Waals surface area (Å²) in [5, 5.41) is 20.3. The Morgan fingerprint density at radius 3 is 2.41 bits per heavy atom. The van der Waals surface area contributed by atoms with Gasteiger partial charge in [0.05, 0.1) is 7.11 Å². The highest BCUT2D eigenvalue weighted by atomic mass is 32.3. The van der Waals surface area contributed by atoms with E-state index in [-0.39, 0.29) is 42.1 Å². The number of nitrogens with two attached hydrogens (primary N) is 1. The Kier molecular flexibility index (Phi) is 11.0. The van der Waals surface area contributed by atoms with Crippen molar-refractivity contribution in [2.75, 3.05) is 26.6 Å². The molecule has 0 aliphatic carbocycles. The van der Waals surface area contributed by atoms with Gasteiger partial charge in [0.2, 0.25) is 11.7 Å². The molecule has 240 valence electrons. The minimum Gasteiger partial charge on any atom is -0.490 e. The predicted molar refractivity (Wildman–Crippen MR) is 150 cm³/mol. The van der Waals surface area contributed by atoms with Gasteiger partial charge in [-0.15, -0.1) is 11.8 Å². The minimum atomic E-state index is -4.72. The number of nitrogens with one attached hydrogen (secondary N) is 1. The van der Waals surface area contributed by atoms with Crippen molar-refractivity contribution in [2.45, 2.75) is 36.4 Å². The molecule has 1 aromatic carbocycles. The van der Waals surface area contributed by atoms with E-state index in [1.54, 1.807) is 0 Å². The SMILES string of the molecule is CO/C(=C\c1ccc(OS(=O)(=O)O)cc1)C(=O)OCC1=C(C(=O)O)N2C(=O)[C@](NC(=O)CCCC(N)C(=O)O)(OC)[C@H]2SC1. The molecule has 1 aromatic rings. The number of β-lactam (4-membered cyclic amide) rings is 1. The molecule has 2 heterocycles. The lowest BCUT2D eigenvalue weighted by Gasteiger charge is -2.55. The Labute approximate surface area is 254 Å². The van der Waals surface area contributed by atoms with Gasteiger partial charge in [-0.2, -0.15) is 8.42 Å². The first-order valence-electron chi connectivity index (χ1n) is 12.6. The monoisotopic (exact) mass is 659 g/mol. The van der Waals surface area contributed by atoms with Gasteiger partial charge in [0.15, 0.2) is 0 Å². The molecule has 1 unspecified atom stereocenters. The summed E-state index contributed by atoms with van der Waals surface area (Å²) in [6, 6.07) is 3.98. The zero-order valence-electron chi connectivity index (χ0n) is 23.3. The van der Waals surface area contributed by atoms with Crippen LogP contribution < -0.4 is 15.2 Å². The number of hydrogen-bond donors (Lipinski definition) is 5. The molecule has 6 N–H and O–H groups in total.